The number of hydrogen-bond donors (Lipinski definition) is 1. The lowest BCUT2D eigenvalue weighted by atomic mass is 9.90. The Morgan fingerprint density at radius 3 is 2.29 bits per heavy atom. The fourth-order valence-corrected chi connectivity index (χ4v) is 1.62. The van der Waals surface area contributed by atoms with Gasteiger partial charge in [0.2, 0.25) is 5.88 Å². The van der Waals surface area contributed by atoms with Crippen molar-refractivity contribution in [3.63, 3.8) is 0 Å². The quantitative estimate of drug-likeness (QED) is 0.789. The Hall–Kier alpha value is -0.990. The molecule has 1 aromatic heterocycles. The fourth-order valence-electron chi connectivity index (χ4n) is 1.62. The van der Waals surface area contributed by atoms with Crippen LogP contribution in [0.25, 0.3) is 0 Å². The maximum atomic E-state index is 9.81. The largest absolute Gasteiger partial charge is 0.493 e. The molecule has 0 aliphatic heterocycles. The maximum Gasteiger partial charge on any atom is 0.212 e. The zero-order valence-electron chi connectivity index (χ0n) is 9.76. The number of aromatic nitrogens is 2. The Morgan fingerprint density at radius 1 is 1.36 bits per heavy atom. The van der Waals surface area contributed by atoms with Gasteiger partial charge in [0.1, 0.15) is 0 Å². The standard InChI is InChI=1S/C11H20N2O/c1-6-7-13-10(14)8(2)9(12-13)11(3,4)5/h14H,6-7H2,1-5H3. The van der Waals surface area contributed by atoms with E-state index in [0.29, 0.717) is 5.88 Å². The molecule has 1 rings (SSSR count). The number of rotatable bonds is 2. The van der Waals surface area contributed by atoms with E-state index in [0.717, 1.165) is 24.2 Å². The zero-order chi connectivity index (χ0) is 10.9. The number of aryl methyl sites for hydroxylation is 1. The van der Waals surface area contributed by atoms with Crippen molar-refractivity contribution in [2.45, 2.75) is 53.0 Å². The second-order valence-corrected chi connectivity index (χ2v) is 4.77. The molecular weight excluding hydrogens is 176 g/mol. The Balaban J connectivity index is 3.15. The first kappa shape index (κ1) is 11.1. The predicted octanol–water partition coefficient (Wildman–Crippen LogP) is 2.60. The van der Waals surface area contributed by atoms with Gasteiger partial charge in [-0.15, -0.1) is 0 Å². The molecule has 0 aliphatic carbocycles. The van der Waals surface area contributed by atoms with Crippen LogP contribution in [-0.4, -0.2) is 14.9 Å². The Labute approximate surface area is 85.8 Å². The van der Waals surface area contributed by atoms with Crippen molar-refractivity contribution in [3.8, 4) is 5.88 Å². The van der Waals surface area contributed by atoms with E-state index in [1.807, 2.05) is 6.92 Å². The van der Waals surface area contributed by atoms with Crippen molar-refractivity contribution in [1.29, 1.82) is 0 Å². The van der Waals surface area contributed by atoms with E-state index in [9.17, 15) is 5.11 Å². The Morgan fingerprint density at radius 2 is 1.93 bits per heavy atom. The highest BCUT2D eigenvalue weighted by Gasteiger charge is 2.23. The minimum absolute atomic E-state index is 0.000550. The molecule has 0 atom stereocenters. The topological polar surface area (TPSA) is 38.0 Å². The molecule has 14 heavy (non-hydrogen) atoms. The minimum Gasteiger partial charge on any atom is -0.493 e. The van der Waals surface area contributed by atoms with Crippen LogP contribution in [0.4, 0.5) is 0 Å². The van der Waals surface area contributed by atoms with Gasteiger partial charge < -0.3 is 5.11 Å². The van der Waals surface area contributed by atoms with Gasteiger partial charge in [-0.05, 0) is 13.3 Å². The molecule has 1 heterocycles. The van der Waals surface area contributed by atoms with Crippen molar-refractivity contribution in [3.05, 3.63) is 11.3 Å². The first-order valence-electron chi connectivity index (χ1n) is 5.14. The summed E-state index contributed by atoms with van der Waals surface area (Å²) in [5.41, 5.74) is 1.90. The van der Waals surface area contributed by atoms with Gasteiger partial charge >= 0.3 is 0 Å². The second kappa shape index (κ2) is 3.64. The summed E-state index contributed by atoms with van der Waals surface area (Å²) in [4.78, 5) is 0. The van der Waals surface area contributed by atoms with Gasteiger partial charge in [-0.3, -0.25) is 0 Å². The summed E-state index contributed by atoms with van der Waals surface area (Å²) in [7, 11) is 0. The average molecular weight is 196 g/mol. The Bertz CT molecular complexity index is 321. The summed E-state index contributed by atoms with van der Waals surface area (Å²) in [5, 5.41) is 14.3. The van der Waals surface area contributed by atoms with Crippen molar-refractivity contribution in [2.24, 2.45) is 0 Å². The summed E-state index contributed by atoms with van der Waals surface area (Å²) >= 11 is 0. The number of aromatic hydroxyl groups is 1. The highest BCUT2D eigenvalue weighted by Crippen LogP contribution is 2.29. The van der Waals surface area contributed by atoms with E-state index < -0.39 is 0 Å². The van der Waals surface area contributed by atoms with Crippen LogP contribution in [0, 0.1) is 6.92 Å². The minimum atomic E-state index is 0.000550. The molecule has 0 fully saturated rings. The van der Waals surface area contributed by atoms with Crippen molar-refractivity contribution in [2.75, 3.05) is 0 Å². The van der Waals surface area contributed by atoms with Gasteiger partial charge in [-0.2, -0.15) is 5.10 Å². The van der Waals surface area contributed by atoms with Crippen molar-refractivity contribution in [1.82, 2.24) is 9.78 Å². The van der Waals surface area contributed by atoms with E-state index >= 15 is 0 Å². The molecule has 80 valence electrons. The maximum absolute atomic E-state index is 9.81. The van der Waals surface area contributed by atoms with Gasteiger partial charge in [0.25, 0.3) is 0 Å². The van der Waals surface area contributed by atoms with Crippen LogP contribution < -0.4 is 0 Å². The van der Waals surface area contributed by atoms with Gasteiger partial charge in [0, 0.05) is 17.5 Å². The molecule has 0 bridgehead atoms. The molecule has 0 radical (unpaired) electrons. The van der Waals surface area contributed by atoms with Crippen molar-refractivity contribution >= 4 is 0 Å². The molecule has 3 nitrogen and oxygen atoms in total. The Kier molecular flexibility index (Phi) is 2.88. The van der Waals surface area contributed by atoms with E-state index in [-0.39, 0.29) is 5.41 Å². The molecule has 0 saturated heterocycles. The van der Waals surface area contributed by atoms with Gasteiger partial charge in [0.15, 0.2) is 0 Å². The predicted molar refractivity (Wildman–Crippen MR) is 57.6 cm³/mol. The van der Waals surface area contributed by atoms with Crippen molar-refractivity contribution < 1.29 is 5.11 Å². The normalized spacial score (nSPS) is 12.1. The molecule has 1 N–H and O–H groups in total. The SMILES string of the molecule is CCCn1nc(C(C)(C)C)c(C)c1O. The van der Waals surface area contributed by atoms with Crippen LogP contribution in [0.3, 0.4) is 0 Å². The molecular formula is C11H20N2O. The molecule has 0 saturated carbocycles. The highest BCUT2D eigenvalue weighted by atomic mass is 16.3. The van der Waals surface area contributed by atoms with Gasteiger partial charge in [-0.25, -0.2) is 4.68 Å². The van der Waals surface area contributed by atoms with E-state index in [1.165, 1.54) is 0 Å². The van der Waals surface area contributed by atoms with Crippen LogP contribution in [0.1, 0.15) is 45.4 Å². The molecule has 0 spiro atoms. The summed E-state index contributed by atoms with van der Waals surface area (Å²) < 4.78 is 1.69. The zero-order valence-corrected chi connectivity index (χ0v) is 9.76. The van der Waals surface area contributed by atoms with E-state index in [4.69, 9.17) is 0 Å². The summed E-state index contributed by atoms with van der Waals surface area (Å²) in [6, 6.07) is 0. The number of hydrogen-bond acceptors (Lipinski definition) is 2. The average Bonchev–Trinajstić information content (AvgIpc) is 2.32. The third kappa shape index (κ3) is 1.91. The first-order chi connectivity index (χ1) is 6.38. The van der Waals surface area contributed by atoms with Crippen LogP contribution in [0.5, 0.6) is 5.88 Å². The molecule has 0 amide bonds. The smallest absolute Gasteiger partial charge is 0.212 e. The summed E-state index contributed by atoms with van der Waals surface area (Å²) in [5.74, 6) is 0.316. The third-order valence-electron chi connectivity index (χ3n) is 2.30. The van der Waals surface area contributed by atoms with Crippen LogP contribution in [0.15, 0.2) is 0 Å². The van der Waals surface area contributed by atoms with Crippen LogP contribution >= 0.6 is 0 Å². The monoisotopic (exact) mass is 196 g/mol. The lowest BCUT2D eigenvalue weighted by Crippen LogP contribution is -2.14. The van der Waals surface area contributed by atoms with E-state index in [1.54, 1.807) is 4.68 Å². The van der Waals surface area contributed by atoms with Crippen LogP contribution in [-0.2, 0) is 12.0 Å². The molecule has 1 aromatic rings. The molecule has 0 aromatic carbocycles. The summed E-state index contributed by atoms with van der Waals surface area (Å²) in [6.45, 7) is 11.1. The molecule has 0 unspecified atom stereocenters. The summed E-state index contributed by atoms with van der Waals surface area (Å²) in [6.07, 6.45) is 0.984. The van der Waals surface area contributed by atoms with E-state index in [2.05, 4.69) is 32.8 Å². The van der Waals surface area contributed by atoms with Gasteiger partial charge in [-0.1, -0.05) is 27.7 Å². The lowest BCUT2D eigenvalue weighted by molar-refractivity contribution is 0.393. The first-order valence-corrected chi connectivity index (χ1v) is 5.14. The third-order valence-corrected chi connectivity index (χ3v) is 2.30. The lowest BCUT2D eigenvalue weighted by Gasteiger charge is -2.15. The number of nitrogens with zero attached hydrogens (tertiary/aromatic N) is 2. The second-order valence-electron chi connectivity index (χ2n) is 4.77. The molecule has 3 heteroatoms. The fraction of sp³-hybridized carbons (Fsp3) is 0.727. The molecule has 0 aliphatic rings. The van der Waals surface area contributed by atoms with Crippen LogP contribution in [0.2, 0.25) is 0 Å². The van der Waals surface area contributed by atoms with Gasteiger partial charge in [0.05, 0.1) is 5.69 Å². The highest BCUT2D eigenvalue weighted by molar-refractivity contribution is 5.33.